The predicted octanol–water partition coefficient (Wildman–Crippen LogP) is 11.5. The first kappa shape index (κ1) is 30.9. The molecular formula is C37H52F2O. The van der Waals surface area contributed by atoms with E-state index in [0.29, 0.717) is 17.4 Å². The van der Waals surface area contributed by atoms with E-state index in [9.17, 15) is 8.78 Å². The second-order valence-electron chi connectivity index (χ2n) is 12.7. The summed E-state index contributed by atoms with van der Waals surface area (Å²) in [4.78, 5) is 0. The van der Waals surface area contributed by atoms with Crippen LogP contribution >= 0.6 is 0 Å². The summed E-state index contributed by atoms with van der Waals surface area (Å²) in [5, 5.41) is 0. The number of rotatable bonds is 14. The third-order valence-corrected chi connectivity index (χ3v) is 9.65. The molecule has 0 radical (unpaired) electrons. The monoisotopic (exact) mass is 550 g/mol. The zero-order chi connectivity index (χ0) is 28.2. The highest BCUT2D eigenvalue weighted by atomic mass is 19.3. The first-order valence-corrected chi connectivity index (χ1v) is 16.3. The lowest BCUT2D eigenvalue weighted by atomic mass is 9.77. The summed E-state index contributed by atoms with van der Waals surface area (Å²) >= 11 is 0. The van der Waals surface area contributed by atoms with Crippen molar-refractivity contribution in [2.75, 3.05) is 0 Å². The van der Waals surface area contributed by atoms with Gasteiger partial charge in [-0.05, 0) is 117 Å². The van der Waals surface area contributed by atoms with E-state index < -0.39 is 6.11 Å². The van der Waals surface area contributed by atoms with Gasteiger partial charge in [-0.3, -0.25) is 0 Å². The van der Waals surface area contributed by atoms with Crippen LogP contribution in [0.4, 0.5) is 8.78 Å². The lowest BCUT2D eigenvalue weighted by molar-refractivity contribution is -0.244. The maximum atomic E-state index is 14.7. The molecule has 0 amide bonds. The number of allylic oxidation sites excluding steroid dienone is 2. The number of alkyl halides is 2. The van der Waals surface area contributed by atoms with E-state index in [1.807, 2.05) is 24.3 Å². The molecule has 0 N–H and O–H groups in total. The van der Waals surface area contributed by atoms with E-state index in [-0.39, 0.29) is 13.0 Å². The van der Waals surface area contributed by atoms with Crippen molar-refractivity contribution in [1.29, 1.82) is 0 Å². The second kappa shape index (κ2) is 15.9. The lowest BCUT2D eigenvalue weighted by Gasteiger charge is -2.29. The predicted molar refractivity (Wildman–Crippen MR) is 164 cm³/mol. The summed E-state index contributed by atoms with van der Waals surface area (Å²) in [6, 6.07) is 16.1. The Bertz CT molecular complexity index is 993. The summed E-state index contributed by atoms with van der Waals surface area (Å²) in [6.07, 6.45) is 18.8. The Kier molecular flexibility index (Phi) is 12.3. The molecule has 2 aromatic carbocycles. The van der Waals surface area contributed by atoms with Crippen molar-refractivity contribution < 1.29 is 13.5 Å². The Hall–Kier alpha value is -2.00. The maximum Gasteiger partial charge on any atom is 0.360 e. The van der Waals surface area contributed by atoms with Gasteiger partial charge < -0.3 is 4.74 Å². The van der Waals surface area contributed by atoms with Crippen LogP contribution in [0, 0.1) is 11.8 Å². The van der Waals surface area contributed by atoms with Crippen molar-refractivity contribution in [3.63, 3.8) is 0 Å². The summed E-state index contributed by atoms with van der Waals surface area (Å²) < 4.78 is 34.5. The third-order valence-electron chi connectivity index (χ3n) is 9.65. The molecule has 2 fully saturated rings. The molecular weight excluding hydrogens is 498 g/mol. The molecule has 2 aromatic rings. The van der Waals surface area contributed by atoms with Gasteiger partial charge in [-0.1, -0.05) is 93.3 Å². The SMILES string of the molecule is C/C=C/CCC1CCC(c2ccc(COC(F)(F)Cc3ccc(C4CCC(CCCCC)CC4)cc3)cc2)CC1. The Morgan fingerprint density at radius 3 is 1.77 bits per heavy atom. The van der Waals surface area contributed by atoms with Gasteiger partial charge in [-0.2, -0.15) is 8.78 Å². The molecule has 4 rings (SSSR count). The van der Waals surface area contributed by atoms with E-state index in [4.69, 9.17) is 4.74 Å². The molecule has 0 saturated heterocycles. The van der Waals surface area contributed by atoms with Crippen LogP contribution in [-0.2, 0) is 17.8 Å². The highest BCUT2D eigenvalue weighted by molar-refractivity contribution is 5.27. The highest BCUT2D eigenvalue weighted by Gasteiger charge is 2.31. The molecule has 3 heteroatoms. The van der Waals surface area contributed by atoms with Crippen LogP contribution in [0.15, 0.2) is 60.7 Å². The average molecular weight is 551 g/mol. The quantitative estimate of drug-likeness (QED) is 0.168. The molecule has 1 nitrogen and oxygen atoms in total. The minimum Gasteiger partial charge on any atom is -0.315 e. The van der Waals surface area contributed by atoms with Crippen LogP contribution in [0.5, 0.6) is 0 Å². The Labute approximate surface area is 242 Å². The third kappa shape index (κ3) is 9.82. The molecule has 0 spiro atoms. The fourth-order valence-corrected chi connectivity index (χ4v) is 7.02. The second-order valence-corrected chi connectivity index (χ2v) is 12.7. The molecule has 40 heavy (non-hydrogen) atoms. The zero-order valence-electron chi connectivity index (χ0n) is 25.1. The van der Waals surface area contributed by atoms with E-state index in [1.54, 1.807) is 0 Å². The standard InChI is InChI=1S/C37H52F2O/c1-3-5-7-9-29-11-19-33(20-12-29)35-23-15-31(16-24-35)27-37(38,39)40-28-32-17-25-36(26-18-32)34-21-13-30(14-22-34)10-8-6-4-2/h4,6,15-18,23-26,29-30,33-34H,3,5,7-14,19-22,27-28H2,1-2H3/b6-4+. The van der Waals surface area contributed by atoms with Gasteiger partial charge in [-0.15, -0.1) is 0 Å². The van der Waals surface area contributed by atoms with Crippen molar-refractivity contribution >= 4 is 0 Å². The maximum absolute atomic E-state index is 14.7. The van der Waals surface area contributed by atoms with E-state index >= 15 is 0 Å². The fourth-order valence-electron chi connectivity index (χ4n) is 7.02. The summed E-state index contributed by atoms with van der Waals surface area (Å²) in [5.74, 6) is 2.90. The van der Waals surface area contributed by atoms with Crippen LogP contribution in [0.2, 0.25) is 0 Å². The molecule has 0 aliphatic heterocycles. The number of benzene rings is 2. The number of hydrogen-bond donors (Lipinski definition) is 0. The Morgan fingerprint density at radius 2 is 1.25 bits per heavy atom. The van der Waals surface area contributed by atoms with E-state index in [2.05, 4.69) is 50.3 Å². The van der Waals surface area contributed by atoms with Crippen molar-refractivity contribution in [2.24, 2.45) is 11.8 Å². The highest BCUT2D eigenvalue weighted by Crippen LogP contribution is 2.39. The number of unbranched alkanes of at least 4 members (excludes halogenated alkanes) is 2. The summed E-state index contributed by atoms with van der Waals surface area (Å²) in [6.45, 7) is 4.29. The van der Waals surface area contributed by atoms with Crippen molar-refractivity contribution in [2.45, 2.75) is 135 Å². The van der Waals surface area contributed by atoms with E-state index in [1.165, 1.54) is 101 Å². The molecule has 220 valence electrons. The molecule has 2 aliphatic rings. The molecule has 0 atom stereocenters. The molecule has 0 heterocycles. The normalized spacial score (nSPS) is 24.0. The van der Waals surface area contributed by atoms with Gasteiger partial charge in [0.25, 0.3) is 0 Å². The molecule has 2 saturated carbocycles. The van der Waals surface area contributed by atoms with Crippen molar-refractivity contribution in [3.8, 4) is 0 Å². The van der Waals surface area contributed by atoms with Gasteiger partial charge in [0.05, 0.1) is 13.0 Å². The Balaban J connectivity index is 1.18. The van der Waals surface area contributed by atoms with Crippen molar-refractivity contribution in [3.05, 3.63) is 82.9 Å². The van der Waals surface area contributed by atoms with Gasteiger partial charge in [0.2, 0.25) is 0 Å². The summed E-state index contributed by atoms with van der Waals surface area (Å²) in [7, 11) is 0. The topological polar surface area (TPSA) is 9.23 Å². The minimum absolute atomic E-state index is 0.0649. The van der Waals surface area contributed by atoms with Gasteiger partial charge in [-0.25, -0.2) is 0 Å². The van der Waals surface area contributed by atoms with Crippen LogP contribution in [0.1, 0.15) is 138 Å². The number of halogens is 2. The smallest absolute Gasteiger partial charge is 0.315 e. The lowest BCUT2D eigenvalue weighted by Crippen LogP contribution is -2.23. The first-order chi connectivity index (χ1) is 19.5. The van der Waals surface area contributed by atoms with Crippen LogP contribution in [0.3, 0.4) is 0 Å². The van der Waals surface area contributed by atoms with Crippen LogP contribution in [0.25, 0.3) is 0 Å². The zero-order valence-corrected chi connectivity index (χ0v) is 25.1. The molecule has 2 aliphatic carbocycles. The Morgan fingerprint density at radius 1 is 0.725 bits per heavy atom. The van der Waals surface area contributed by atoms with Gasteiger partial charge in [0.15, 0.2) is 0 Å². The van der Waals surface area contributed by atoms with Gasteiger partial charge in [0, 0.05) is 0 Å². The van der Waals surface area contributed by atoms with Crippen molar-refractivity contribution in [1.82, 2.24) is 0 Å². The fraction of sp³-hybridized carbons (Fsp3) is 0.622. The van der Waals surface area contributed by atoms with Gasteiger partial charge >= 0.3 is 6.11 Å². The molecule has 0 bridgehead atoms. The molecule has 0 unspecified atom stereocenters. The van der Waals surface area contributed by atoms with Crippen LogP contribution in [-0.4, -0.2) is 6.11 Å². The first-order valence-electron chi connectivity index (χ1n) is 16.3. The average Bonchev–Trinajstić information content (AvgIpc) is 2.98. The molecule has 0 aromatic heterocycles. The van der Waals surface area contributed by atoms with Crippen LogP contribution < -0.4 is 0 Å². The summed E-state index contributed by atoms with van der Waals surface area (Å²) in [5.41, 5.74) is 4.09. The minimum atomic E-state index is -3.18. The largest absolute Gasteiger partial charge is 0.360 e. The number of ether oxygens (including phenoxy) is 1. The van der Waals surface area contributed by atoms with Gasteiger partial charge in [0.1, 0.15) is 0 Å². The van der Waals surface area contributed by atoms with E-state index in [0.717, 1.165) is 17.4 Å². The number of hydrogen-bond acceptors (Lipinski definition) is 1.